The quantitative estimate of drug-likeness (QED) is 0.173. The predicted molar refractivity (Wildman–Crippen MR) is 158 cm³/mol. The zero-order valence-corrected chi connectivity index (χ0v) is 24.6. The van der Waals surface area contributed by atoms with Crippen molar-refractivity contribution >= 4 is 27.9 Å². The highest BCUT2D eigenvalue weighted by molar-refractivity contribution is 8.24. The largest absolute Gasteiger partial charge is 0.463 e. The molecule has 7 nitrogen and oxygen atoms in total. The van der Waals surface area contributed by atoms with Gasteiger partial charge >= 0.3 is 5.97 Å². The van der Waals surface area contributed by atoms with Gasteiger partial charge in [-0.25, -0.2) is 4.79 Å². The average molecular weight is 555 g/mol. The summed E-state index contributed by atoms with van der Waals surface area (Å²) in [5.74, 6) is -0.180. The summed E-state index contributed by atoms with van der Waals surface area (Å²) in [7, 11) is -3.25. The molecule has 2 aromatic carbocycles. The molecule has 2 aromatic rings. The van der Waals surface area contributed by atoms with E-state index in [0.717, 1.165) is 50.3 Å². The first-order valence-electron chi connectivity index (χ1n) is 13.7. The Bertz CT molecular complexity index is 1190. The highest BCUT2D eigenvalue weighted by Gasteiger charge is 2.42. The minimum absolute atomic E-state index is 0.152. The number of ether oxygens (including phenoxy) is 2. The molecule has 0 saturated carbocycles. The first kappa shape index (κ1) is 30.6. The number of anilines is 2. The van der Waals surface area contributed by atoms with Gasteiger partial charge in [0.05, 0.1) is 28.5 Å². The van der Waals surface area contributed by atoms with E-state index in [2.05, 4.69) is 24.8 Å². The van der Waals surface area contributed by atoms with Crippen molar-refractivity contribution in [1.82, 2.24) is 0 Å². The number of nitrogens with zero attached hydrogens (tertiary/aromatic N) is 2. The van der Waals surface area contributed by atoms with Gasteiger partial charge in [-0.15, -0.1) is 0 Å². The Morgan fingerprint density at radius 2 is 1.77 bits per heavy atom. The number of hydrogen-bond donors (Lipinski definition) is 2. The third-order valence-corrected chi connectivity index (χ3v) is 8.87. The molecule has 0 bridgehead atoms. The van der Waals surface area contributed by atoms with Gasteiger partial charge in [-0.1, -0.05) is 57.7 Å². The smallest absolute Gasteiger partial charge is 0.334 e. The third kappa shape index (κ3) is 8.01. The van der Waals surface area contributed by atoms with Gasteiger partial charge in [0, 0.05) is 29.5 Å². The average Bonchev–Trinajstić information content (AvgIpc) is 2.97. The third-order valence-electron chi connectivity index (χ3n) is 6.82. The van der Waals surface area contributed by atoms with Gasteiger partial charge in [0.25, 0.3) is 0 Å². The fraction of sp³-hybridized carbons (Fsp3) is 0.484. The highest BCUT2D eigenvalue weighted by atomic mass is 32.3. The molecule has 212 valence electrons. The van der Waals surface area contributed by atoms with Crippen molar-refractivity contribution < 1.29 is 23.4 Å². The summed E-state index contributed by atoms with van der Waals surface area (Å²) < 4.78 is 34.4. The van der Waals surface area contributed by atoms with Crippen molar-refractivity contribution in [2.24, 2.45) is 5.41 Å². The monoisotopic (exact) mass is 554 g/mol. The molecule has 0 radical (unpaired) electrons. The molecule has 0 fully saturated rings. The van der Waals surface area contributed by atoms with E-state index < -0.39 is 22.2 Å². The summed E-state index contributed by atoms with van der Waals surface area (Å²) in [5.41, 5.74) is 0.785. The molecule has 3 rings (SSSR count). The maximum atomic E-state index is 12.1. The summed E-state index contributed by atoms with van der Waals surface area (Å²) in [6.45, 7) is 10.2. The van der Waals surface area contributed by atoms with Crippen LogP contribution in [-0.2, 0) is 9.53 Å². The molecular formula is C31H42N2O5S. The molecule has 0 amide bonds. The molecule has 39 heavy (non-hydrogen) atoms. The lowest BCUT2D eigenvalue weighted by molar-refractivity contribution is -0.148. The molecule has 0 unspecified atom stereocenters. The fourth-order valence-electron chi connectivity index (χ4n) is 5.05. The first-order chi connectivity index (χ1) is 18.4. The van der Waals surface area contributed by atoms with Crippen molar-refractivity contribution in [3.63, 3.8) is 0 Å². The van der Waals surface area contributed by atoms with Crippen LogP contribution < -0.4 is 9.64 Å². The molecular weight excluding hydrogens is 512 g/mol. The van der Waals surface area contributed by atoms with E-state index in [0.29, 0.717) is 17.1 Å². The minimum atomic E-state index is -3.25. The number of carbonyl (C=O) groups is 1. The summed E-state index contributed by atoms with van der Waals surface area (Å²) in [6.07, 6.45) is 8.09. The second-order valence-corrected chi connectivity index (χ2v) is 13.4. The molecule has 0 atom stereocenters. The maximum absolute atomic E-state index is 12.1. The van der Waals surface area contributed by atoms with Crippen LogP contribution in [0.15, 0.2) is 59.7 Å². The van der Waals surface area contributed by atoms with Gasteiger partial charge in [0.15, 0.2) is 0 Å². The number of rotatable bonds is 10. The van der Waals surface area contributed by atoms with E-state index in [9.17, 15) is 19.2 Å². The van der Waals surface area contributed by atoms with Gasteiger partial charge in [-0.3, -0.25) is 9.11 Å². The molecule has 8 heteroatoms. The molecule has 1 heterocycles. The van der Waals surface area contributed by atoms with Crippen LogP contribution in [0.1, 0.15) is 78.7 Å². The number of para-hydroxylation sites is 1. The van der Waals surface area contributed by atoms with Crippen LogP contribution in [0.4, 0.5) is 11.4 Å². The van der Waals surface area contributed by atoms with Crippen molar-refractivity contribution in [3.05, 3.63) is 60.4 Å². The molecule has 0 aliphatic carbocycles. The van der Waals surface area contributed by atoms with E-state index in [-0.39, 0.29) is 22.5 Å². The lowest BCUT2D eigenvalue weighted by atomic mass is 9.79. The van der Waals surface area contributed by atoms with Gasteiger partial charge in [-0.05, 0) is 51.8 Å². The second kappa shape index (κ2) is 12.9. The summed E-state index contributed by atoms with van der Waals surface area (Å²) in [5, 5.41) is 9.99. The van der Waals surface area contributed by atoms with Crippen molar-refractivity contribution in [1.29, 1.82) is 5.26 Å². The molecule has 0 spiro atoms. The van der Waals surface area contributed by atoms with Crippen LogP contribution in [0.25, 0.3) is 0 Å². The zero-order valence-electron chi connectivity index (χ0n) is 23.8. The number of nitriles is 1. The minimum Gasteiger partial charge on any atom is -0.463 e. The summed E-state index contributed by atoms with van der Waals surface area (Å²) in [6, 6.07) is 15.3. The fourth-order valence-corrected chi connectivity index (χ4v) is 7.24. The topological polar surface area (TPSA) is 103 Å². The number of carbonyl (C=O) groups excluding carboxylic acids is 1. The van der Waals surface area contributed by atoms with Crippen molar-refractivity contribution in [2.45, 2.75) is 83.6 Å². The maximum Gasteiger partial charge on any atom is 0.334 e. The van der Waals surface area contributed by atoms with E-state index in [4.69, 9.17) is 9.47 Å². The second-order valence-electron chi connectivity index (χ2n) is 11.3. The Morgan fingerprint density at radius 1 is 1.13 bits per heavy atom. The Kier molecular flexibility index (Phi) is 10.1. The van der Waals surface area contributed by atoms with Gasteiger partial charge in [0.2, 0.25) is 0 Å². The lowest BCUT2D eigenvalue weighted by Crippen LogP contribution is -2.37. The number of benzene rings is 2. The van der Waals surface area contributed by atoms with E-state index in [1.807, 2.05) is 30.3 Å². The van der Waals surface area contributed by atoms with Gasteiger partial charge < -0.3 is 14.4 Å². The summed E-state index contributed by atoms with van der Waals surface area (Å²) in [4.78, 5) is 14.6. The summed E-state index contributed by atoms with van der Waals surface area (Å²) >= 11 is 0. The molecule has 1 aliphatic heterocycles. The normalized spacial score (nSPS) is 17.1. The van der Waals surface area contributed by atoms with E-state index >= 15 is 0 Å². The lowest BCUT2D eigenvalue weighted by Gasteiger charge is -2.42. The van der Waals surface area contributed by atoms with Gasteiger partial charge in [0.1, 0.15) is 17.4 Å². The van der Waals surface area contributed by atoms with Crippen LogP contribution in [0.5, 0.6) is 5.75 Å². The van der Waals surface area contributed by atoms with Crippen molar-refractivity contribution in [3.8, 4) is 11.8 Å². The SMILES string of the molecule is CCCCC1(CCCC)CN(c2ccccc2)c2cc(C#N)c(O/C=C/C(=O)OC(C)(C)C)cc2S(O)(O)C1. The van der Waals surface area contributed by atoms with E-state index in [1.165, 1.54) is 6.26 Å². The van der Waals surface area contributed by atoms with Crippen LogP contribution >= 0.6 is 10.6 Å². The van der Waals surface area contributed by atoms with Crippen LogP contribution in [0, 0.1) is 16.7 Å². The Morgan fingerprint density at radius 3 is 2.33 bits per heavy atom. The Balaban J connectivity index is 2.12. The molecule has 0 aromatic heterocycles. The number of hydrogen-bond acceptors (Lipinski definition) is 7. The molecule has 1 aliphatic rings. The van der Waals surface area contributed by atoms with E-state index in [1.54, 1.807) is 32.9 Å². The predicted octanol–water partition coefficient (Wildman–Crippen LogP) is 8.42. The highest BCUT2D eigenvalue weighted by Crippen LogP contribution is 2.61. The van der Waals surface area contributed by atoms with Crippen LogP contribution in [0.2, 0.25) is 0 Å². The first-order valence-corrected chi connectivity index (χ1v) is 15.4. The molecule has 2 N–H and O–H groups in total. The van der Waals surface area contributed by atoms with Crippen LogP contribution in [0.3, 0.4) is 0 Å². The standard InChI is InChI=1S/C31H42N2O5S/c1-6-8-16-31(17-9-7-2)22-33(25-13-11-10-12-14-25)26-19-24(21-32)27(20-28(26)39(35,36)23-31)37-18-15-29(34)38-30(3,4)5/h10-15,18-20,35-36H,6-9,16-17,22-23H2,1-5H3/b18-15+. The van der Waals surface area contributed by atoms with Crippen molar-refractivity contribution in [2.75, 3.05) is 17.2 Å². The molecule has 0 saturated heterocycles. The number of esters is 1. The van der Waals surface area contributed by atoms with Crippen LogP contribution in [-0.4, -0.2) is 33.0 Å². The zero-order chi connectivity index (χ0) is 28.7. The number of fused-ring (bicyclic) bond motifs is 1. The Labute approximate surface area is 234 Å². The van der Waals surface area contributed by atoms with Gasteiger partial charge in [-0.2, -0.15) is 15.9 Å². The Hall–Kier alpha value is -2.99. The number of unbranched alkanes of at least 4 members (excludes halogenated alkanes) is 2.